The predicted octanol–water partition coefficient (Wildman–Crippen LogP) is 3.75. The number of hydrogen-bond donors (Lipinski definition) is 1. The zero-order valence-electron chi connectivity index (χ0n) is 12.0. The summed E-state index contributed by atoms with van der Waals surface area (Å²) < 4.78 is 5.98. The van der Waals surface area contributed by atoms with E-state index in [0.29, 0.717) is 12.1 Å². The third-order valence-corrected chi connectivity index (χ3v) is 3.68. The van der Waals surface area contributed by atoms with Crippen LogP contribution >= 0.6 is 0 Å². The lowest BCUT2D eigenvalue weighted by Gasteiger charge is -2.20. The largest absolute Gasteiger partial charge is 0.377 e. The number of nitrogens with one attached hydrogen (secondary N) is 1. The third kappa shape index (κ3) is 7.05. The molecule has 0 radical (unpaired) electrons. The van der Waals surface area contributed by atoms with Gasteiger partial charge in [-0.05, 0) is 38.6 Å². The van der Waals surface area contributed by atoms with Crippen molar-refractivity contribution in [2.45, 2.75) is 77.9 Å². The van der Waals surface area contributed by atoms with Crippen LogP contribution < -0.4 is 5.32 Å². The second-order valence-electron chi connectivity index (χ2n) is 5.49. The number of unbranched alkanes of at least 4 members (excludes halogenated alkanes) is 3. The molecule has 0 aromatic rings. The normalized spacial score (nSPS) is 19.2. The van der Waals surface area contributed by atoms with Gasteiger partial charge in [0.2, 0.25) is 0 Å². The zero-order chi connectivity index (χ0) is 12.5. The fraction of sp³-hybridized carbons (Fsp3) is 1.00. The first-order chi connectivity index (χ1) is 8.27. The van der Waals surface area contributed by atoms with Crippen molar-refractivity contribution in [3.05, 3.63) is 0 Å². The minimum atomic E-state index is 0.437. The van der Waals surface area contributed by atoms with E-state index in [1.54, 1.807) is 0 Å². The van der Waals surface area contributed by atoms with E-state index >= 15 is 0 Å². The Balaban J connectivity index is 2.02. The van der Waals surface area contributed by atoms with Crippen LogP contribution in [-0.2, 0) is 4.74 Å². The fourth-order valence-electron chi connectivity index (χ4n) is 2.33. The molecule has 0 aliphatic heterocycles. The second-order valence-corrected chi connectivity index (χ2v) is 5.49. The number of ether oxygens (including phenoxy) is 1. The maximum absolute atomic E-state index is 5.98. The summed E-state index contributed by atoms with van der Waals surface area (Å²) in [6.07, 6.45) is 9.83. The van der Waals surface area contributed by atoms with Crippen molar-refractivity contribution in [1.82, 2.24) is 5.32 Å². The molecule has 1 N–H and O–H groups in total. The van der Waals surface area contributed by atoms with Crippen LogP contribution in [0.2, 0.25) is 0 Å². The predicted molar refractivity (Wildman–Crippen MR) is 74.4 cm³/mol. The van der Waals surface area contributed by atoms with Gasteiger partial charge in [0, 0.05) is 6.04 Å². The van der Waals surface area contributed by atoms with Crippen LogP contribution in [0.4, 0.5) is 0 Å². The van der Waals surface area contributed by atoms with Gasteiger partial charge in [-0.25, -0.2) is 0 Å². The summed E-state index contributed by atoms with van der Waals surface area (Å²) in [7, 11) is 0. The van der Waals surface area contributed by atoms with Gasteiger partial charge < -0.3 is 10.1 Å². The van der Waals surface area contributed by atoms with Crippen LogP contribution in [-0.4, -0.2) is 25.3 Å². The highest BCUT2D eigenvalue weighted by molar-refractivity contribution is 4.86. The summed E-state index contributed by atoms with van der Waals surface area (Å²) in [4.78, 5) is 0. The second kappa shape index (κ2) is 8.93. The SMILES string of the molecule is CCCCCCC(C)OCC(NCC)C1CC1. The molecule has 1 aliphatic rings. The minimum Gasteiger partial charge on any atom is -0.377 e. The third-order valence-electron chi connectivity index (χ3n) is 3.68. The molecule has 1 saturated carbocycles. The highest BCUT2D eigenvalue weighted by Crippen LogP contribution is 2.32. The van der Waals surface area contributed by atoms with Crippen LogP contribution in [0.5, 0.6) is 0 Å². The lowest BCUT2D eigenvalue weighted by Crippen LogP contribution is -2.36. The molecular formula is C15H31NO. The molecule has 0 bridgehead atoms. The number of likely N-dealkylation sites (N-methyl/N-ethyl adjacent to an activating group) is 1. The van der Waals surface area contributed by atoms with Gasteiger partial charge in [-0.15, -0.1) is 0 Å². The van der Waals surface area contributed by atoms with Gasteiger partial charge in [-0.2, -0.15) is 0 Å². The van der Waals surface area contributed by atoms with E-state index in [4.69, 9.17) is 4.74 Å². The summed E-state index contributed by atoms with van der Waals surface area (Å²) in [6, 6.07) is 0.609. The minimum absolute atomic E-state index is 0.437. The Kier molecular flexibility index (Phi) is 7.87. The molecule has 102 valence electrons. The molecule has 1 fully saturated rings. The summed E-state index contributed by atoms with van der Waals surface area (Å²) in [5, 5.41) is 3.55. The highest BCUT2D eigenvalue weighted by atomic mass is 16.5. The van der Waals surface area contributed by atoms with E-state index in [1.807, 2.05) is 0 Å². The lowest BCUT2D eigenvalue weighted by molar-refractivity contribution is 0.0395. The molecule has 2 heteroatoms. The van der Waals surface area contributed by atoms with Crippen LogP contribution in [0.1, 0.15) is 65.7 Å². The Morgan fingerprint density at radius 2 is 1.94 bits per heavy atom. The Morgan fingerprint density at radius 1 is 1.18 bits per heavy atom. The number of hydrogen-bond acceptors (Lipinski definition) is 2. The van der Waals surface area contributed by atoms with Gasteiger partial charge in [-0.1, -0.05) is 39.5 Å². The molecule has 1 aliphatic carbocycles. The zero-order valence-corrected chi connectivity index (χ0v) is 12.0. The van der Waals surface area contributed by atoms with E-state index < -0.39 is 0 Å². The summed E-state index contributed by atoms with van der Waals surface area (Å²) in [5.41, 5.74) is 0. The summed E-state index contributed by atoms with van der Waals surface area (Å²) >= 11 is 0. The highest BCUT2D eigenvalue weighted by Gasteiger charge is 2.30. The molecule has 0 saturated heterocycles. The molecule has 0 spiro atoms. The first kappa shape index (κ1) is 15.0. The van der Waals surface area contributed by atoms with Crippen LogP contribution in [0.15, 0.2) is 0 Å². The molecule has 2 nitrogen and oxygen atoms in total. The van der Waals surface area contributed by atoms with E-state index in [9.17, 15) is 0 Å². The molecule has 2 atom stereocenters. The lowest BCUT2D eigenvalue weighted by atomic mass is 10.1. The maximum Gasteiger partial charge on any atom is 0.0625 e. The molecule has 0 heterocycles. The maximum atomic E-state index is 5.98. The standard InChI is InChI=1S/C15H31NO/c1-4-6-7-8-9-13(3)17-12-15(16-5-2)14-10-11-14/h13-16H,4-12H2,1-3H3. The Bertz CT molecular complexity index is 180. The van der Waals surface area contributed by atoms with Gasteiger partial charge >= 0.3 is 0 Å². The van der Waals surface area contributed by atoms with Gasteiger partial charge in [0.05, 0.1) is 12.7 Å². The Morgan fingerprint density at radius 3 is 2.53 bits per heavy atom. The van der Waals surface area contributed by atoms with Crippen molar-refractivity contribution in [3.8, 4) is 0 Å². The molecule has 0 aromatic heterocycles. The van der Waals surface area contributed by atoms with Crippen LogP contribution in [0.3, 0.4) is 0 Å². The van der Waals surface area contributed by atoms with Crippen molar-refractivity contribution in [3.63, 3.8) is 0 Å². The topological polar surface area (TPSA) is 21.3 Å². The molecule has 0 aromatic carbocycles. The van der Waals surface area contributed by atoms with Gasteiger partial charge in [0.25, 0.3) is 0 Å². The van der Waals surface area contributed by atoms with Gasteiger partial charge in [-0.3, -0.25) is 0 Å². The quantitative estimate of drug-likeness (QED) is 0.556. The monoisotopic (exact) mass is 241 g/mol. The summed E-state index contributed by atoms with van der Waals surface area (Å²) in [6.45, 7) is 8.64. The van der Waals surface area contributed by atoms with Crippen LogP contribution in [0, 0.1) is 5.92 Å². The van der Waals surface area contributed by atoms with E-state index in [0.717, 1.165) is 19.1 Å². The fourth-order valence-corrected chi connectivity index (χ4v) is 2.33. The van der Waals surface area contributed by atoms with Gasteiger partial charge in [0.15, 0.2) is 0 Å². The van der Waals surface area contributed by atoms with E-state index in [-0.39, 0.29) is 0 Å². The first-order valence-corrected chi connectivity index (χ1v) is 7.62. The van der Waals surface area contributed by atoms with Crippen molar-refractivity contribution in [2.75, 3.05) is 13.2 Å². The smallest absolute Gasteiger partial charge is 0.0625 e. The van der Waals surface area contributed by atoms with Crippen molar-refractivity contribution in [2.24, 2.45) is 5.92 Å². The van der Waals surface area contributed by atoms with Crippen LogP contribution in [0.25, 0.3) is 0 Å². The van der Waals surface area contributed by atoms with Crippen molar-refractivity contribution < 1.29 is 4.74 Å². The molecule has 2 unspecified atom stereocenters. The van der Waals surface area contributed by atoms with E-state index in [1.165, 1.54) is 44.9 Å². The average Bonchev–Trinajstić information content (AvgIpc) is 3.14. The molecule has 0 amide bonds. The summed E-state index contributed by atoms with van der Waals surface area (Å²) in [5.74, 6) is 0.891. The van der Waals surface area contributed by atoms with Crippen molar-refractivity contribution >= 4 is 0 Å². The Hall–Kier alpha value is -0.0800. The molecule has 1 rings (SSSR count). The Labute approximate surface area is 108 Å². The number of rotatable bonds is 11. The molecular weight excluding hydrogens is 210 g/mol. The molecule has 17 heavy (non-hydrogen) atoms. The first-order valence-electron chi connectivity index (χ1n) is 7.62. The van der Waals surface area contributed by atoms with Crippen molar-refractivity contribution in [1.29, 1.82) is 0 Å². The van der Waals surface area contributed by atoms with E-state index in [2.05, 4.69) is 26.1 Å². The van der Waals surface area contributed by atoms with Gasteiger partial charge in [0.1, 0.15) is 0 Å². The average molecular weight is 241 g/mol.